The van der Waals surface area contributed by atoms with Crippen LogP contribution < -0.4 is 10.5 Å². The van der Waals surface area contributed by atoms with Crippen LogP contribution in [0.5, 0.6) is 5.75 Å². The molecule has 4 nitrogen and oxygen atoms in total. The molecular formula is C12H19NO3S. The molecule has 1 aromatic carbocycles. The normalized spacial score (nSPS) is 12.4. The lowest BCUT2D eigenvalue weighted by Crippen LogP contribution is -2.05. The number of methoxy groups -OCH3 is 2. The van der Waals surface area contributed by atoms with Gasteiger partial charge in [0.2, 0.25) is 0 Å². The van der Waals surface area contributed by atoms with Crippen LogP contribution in [0.1, 0.15) is 12.0 Å². The fourth-order valence-corrected chi connectivity index (χ4v) is 2.66. The summed E-state index contributed by atoms with van der Waals surface area (Å²) in [7, 11) is 2.34. The van der Waals surface area contributed by atoms with E-state index >= 15 is 0 Å². The van der Waals surface area contributed by atoms with E-state index in [4.69, 9.17) is 15.2 Å². The standard InChI is InChI=1S/C12H19NO3S/c1-15-6-3-7-17(14)9-10-4-5-11(13)8-12(10)16-2/h4-5,8H,3,6-7,9,13H2,1-2H3. The van der Waals surface area contributed by atoms with E-state index in [1.54, 1.807) is 26.4 Å². The van der Waals surface area contributed by atoms with Crippen molar-refractivity contribution >= 4 is 16.5 Å². The fraction of sp³-hybridized carbons (Fsp3) is 0.500. The molecule has 0 fully saturated rings. The van der Waals surface area contributed by atoms with Gasteiger partial charge in [0.1, 0.15) is 5.75 Å². The van der Waals surface area contributed by atoms with E-state index < -0.39 is 10.8 Å². The highest BCUT2D eigenvalue weighted by molar-refractivity contribution is 7.84. The summed E-state index contributed by atoms with van der Waals surface area (Å²) < 4.78 is 22.0. The van der Waals surface area contributed by atoms with Gasteiger partial charge in [-0.3, -0.25) is 4.21 Å². The Bertz CT molecular complexity index is 382. The number of nitrogens with two attached hydrogens (primary N) is 1. The molecule has 0 saturated heterocycles. The third-order valence-electron chi connectivity index (χ3n) is 2.35. The van der Waals surface area contributed by atoms with Crippen molar-refractivity contribution in [2.75, 3.05) is 32.3 Å². The van der Waals surface area contributed by atoms with Crippen LogP contribution in [0.15, 0.2) is 18.2 Å². The molecular weight excluding hydrogens is 238 g/mol. The molecule has 5 heteroatoms. The molecule has 1 rings (SSSR count). The zero-order valence-electron chi connectivity index (χ0n) is 10.3. The lowest BCUT2D eigenvalue weighted by atomic mass is 10.2. The van der Waals surface area contributed by atoms with Crippen molar-refractivity contribution in [2.24, 2.45) is 0 Å². The van der Waals surface area contributed by atoms with Gasteiger partial charge in [-0.15, -0.1) is 0 Å². The van der Waals surface area contributed by atoms with Crippen molar-refractivity contribution in [2.45, 2.75) is 12.2 Å². The number of hydrogen-bond donors (Lipinski definition) is 1. The van der Waals surface area contributed by atoms with Crippen molar-refractivity contribution in [3.8, 4) is 5.75 Å². The molecule has 1 aromatic rings. The van der Waals surface area contributed by atoms with Crippen LogP contribution in [-0.4, -0.2) is 30.8 Å². The SMILES string of the molecule is COCCCS(=O)Cc1ccc(N)cc1OC. The monoisotopic (exact) mass is 257 g/mol. The zero-order valence-corrected chi connectivity index (χ0v) is 11.1. The van der Waals surface area contributed by atoms with Crippen LogP contribution in [0.2, 0.25) is 0 Å². The van der Waals surface area contributed by atoms with Gasteiger partial charge in [0, 0.05) is 47.6 Å². The minimum absolute atomic E-state index is 0.493. The van der Waals surface area contributed by atoms with Gasteiger partial charge in [0.15, 0.2) is 0 Å². The Labute approximate surface area is 105 Å². The van der Waals surface area contributed by atoms with Crippen LogP contribution in [0, 0.1) is 0 Å². The summed E-state index contributed by atoms with van der Waals surface area (Å²) in [6, 6.07) is 5.41. The quantitative estimate of drug-likeness (QED) is 0.595. The Morgan fingerprint density at radius 3 is 2.76 bits per heavy atom. The Morgan fingerprint density at radius 2 is 2.12 bits per heavy atom. The minimum atomic E-state index is -0.892. The molecule has 0 spiro atoms. The van der Waals surface area contributed by atoms with Gasteiger partial charge in [-0.05, 0) is 12.5 Å². The topological polar surface area (TPSA) is 61.5 Å². The van der Waals surface area contributed by atoms with Crippen molar-refractivity contribution in [1.29, 1.82) is 0 Å². The first-order valence-corrected chi connectivity index (χ1v) is 6.92. The van der Waals surface area contributed by atoms with Gasteiger partial charge in [0.05, 0.1) is 12.9 Å². The molecule has 0 aliphatic carbocycles. The first-order valence-electron chi connectivity index (χ1n) is 5.43. The first kappa shape index (κ1) is 14.0. The molecule has 2 N–H and O–H groups in total. The first-order chi connectivity index (χ1) is 8.17. The third-order valence-corrected chi connectivity index (χ3v) is 3.73. The maximum atomic E-state index is 11.8. The van der Waals surface area contributed by atoms with Gasteiger partial charge < -0.3 is 15.2 Å². The lowest BCUT2D eigenvalue weighted by Gasteiger charge is -2.09. The van der Waals surface area contributed by atoms with Crippen LogP contribution in [0.25, 0.3) is 0 Å². The summed E-state index contributed by atoms with van der Waals surface area (Å²) in [6.45, 7) is 0.643. The predicted molar refractivity (Wildman–Crippen MR) is 70.6 cm³/mol. The van der Waals surface area contributed by atoms with E-state index in [0.29, 0.717) is 29.5 Å². The Balaban J connectivity index is 2.58. The van der Waals surface area contributed by atoms with Crippen molar-refractivity contribution in [3.05, 3.63) is 23.8 Å². The van der Waals surface area contributed by atoms with Gasteiger partial charge in [-0.1, -0.05) is 6.07 Å². The number of ether oxygens (including phenoxy) is 2. The highest BCUT2D eigenvalue weighted by Gasteiger charge is 2.07. The van der Waals surface area contributed by atoms with E-state index in [1.807, 2.05) is 6.07 Å². The van der Waals surface area contributed by atoms with Crippen molar-refractivity contribution in [3.63, 3.8) is 0 Å². The van der Waals surface area contributed by atoms with Crippen LogP contribution >= 0.6 is 0 Å². The Kier molecular flexibility index (Phi) is 6.00. The highest BCUT2D eigenvalue weighted by Crippen LogP contribution is 2.22. The van der Waals surface area contributed by atoms with Gasteiger partial charge >= 0.3 is 0 Å². The highest BCUT2D eigenvalue weighted by atomic mass is 32.2. The predicted octanol–water partition coefficient (Wildman–Crippen LogP) is 1.56. The van der Waals surface area contributed by atoms with E-state index in [0.717, 1.165) is 12.0 Å². The van der Waals surface area contributed by atoms with Gasteiger partial charge in [0.25, 0.3) is 0 Å². The fourth-order valence-electron chi connectivity index (χ4n) is 1.49. The molecule has 0 heterocycles. The number of benzene rings is 1. The average molecular weight is 257 g/mol. The molecule has 1 unspecified atom stereocenters. The number of rotatable bonds is 7. The molecule has 0 bridgehead atoms. The van der Waals surface area contributed by atoms with Crippen LogP contribution in [-0.2, 0) is 21.3 Å². The molecule has 0 aromatic heterocycles. The molecule has 0 radical (unpaired) electrons. The molecule has 17 heavy (non-hydrogen) atoms. The molecule has 0 amide bonds. The molecule has 96 valence electrons. The summed E-state index contributed by atoms with van der Waals surface area (Å²) >= 11 is 0. The van der Waals surface area contributed by atoms with Crippen molar-refractivity contribution in [1.82, 2.24) is 0 Å². The number of hydrogen-bond acceptors (Lipinski definition) is 4. The van der Waals surface area contributed by atoms with Crippen molar-refractivity contribution < 1.29 is 13.7 Å². The smallest absolute Gasteiger partial charge is 0.125 e. The lowest BCUT2D eigenvalue weighted by molar-refractivity contribution is 0.200. The second-order valence-electron chi connectivity index (χ2n) is 3.71. The summed E-state index contributed by atoms with van der Waals surface area (Å²) in [6.07, 6.45) is 0.806. The summed E-state index contributed by atoms with van der Waals surface area (Å²) in [5, 5.41) is 0. The van der Waals surface area contributed by atoms with E-state index in [9.17, 15) is 4.21 Å². The van der Waals surface area contributed by atoms with E-state index in [-0.39, 0.29) is 0 Å². The van der Waals surface area contributed by atoms with Crippen LogP contribution in [0.3, 0.4) is 0 Å². The Morgan fingerprint density at radius 1 is 1.35 bits per heavy atom. The van der Waals surface area contributed by atoms with E-state index in [1.165, 1.54) is 0 Å². The molecule has 0 aliphatic rings. The second-order valence-corrected chi connectivity index (χ2v) is 5.28. The van der Waals surface area contributed by atoms with E-state index in [2.05, 4.69) is 0 Å². The van der Waals surface area contributed by atoms with Crippen LogP contribution in [0.4, 0.5) is 5.69 Å². The number of nitrogen functional groups attached to an aromatic ring is 1. The third kappa shape index (κ3) is 4.75. The second kappa shape index (κ2) is 7.29. The molecule has 0 aliphatic heterocycles. The minimum Gasteiger partial charge on any atom is -0.496 e. The largest absolute Gasteiger partial charge is 0.496 e. The Hall–Kier alpha value is -1.07. The molecule has 1 atom stereocenters. The van der Waals surface area contributed by atoms with Gasteiger partial charge in [-0.25, -0.2) is 0 Å². The average Bonchev–Trinajstić information content (AvgIpc) is 2.32. The molecule has 0 saturated carbocycles. The maximum Gasteiger partial charge on any atom is 0.125 e. The zero-order chi connectivity index (χ0) is 12.7. The summed E-state index contributed by atoms with van der Waals surface area (Å²) in [5.74, 6) is 1.83. The van der Waals surface area contributed by atoms with Gasteiger partial charge in [-0.2, -0.15) is 0 Å². The summed E-state index contributed by atoms with van der Waals surface area (Å²) in [4.78, 5) is 0. The summed E-state index contributed by atoms with van der Waals surface area (Å²) in [5.41, 5.74) is 7.24. The number of anilines is 1. The maximum absolute atomic E-state index is 11.8.